The number of para-hydroxylation sites is 1. The highest BCUT2D eigenvalue weighted by molar-refractivity contribution is 5.88. The molecule has 0 saturated heterocycles. The molecule has 1 aliphatic heterocycles. The number of carbonyl (C=O) groups is 1. The highest BCUT2D eigenvalue weighted by Crippen LogP contribution is 2.32. The molecule has 2 amide bonds. The molecule has 0 radical (unpaired) electrons. The number of amides is 2. The molecule has 0 unspecified atom stereocenters. The Morgan fingerprint density at radius 2 is 2.12 bits per heavy atom. The van der Waals surface area contributed by atoms with Gasteiger partial charge in [-0.15, -0.1) is 0 Å². The molecule has 1 aromatic heterocycles. The maximum Gasteiger partial charge on any atom is 0.320 e. The molecule has 3 rings (SSSR count). The van der Waals surface area contributed by atoms with Crippen molar-refractivity contribution < 1.29 is 9.53 Å². The van der Waals surface area contributed by atoms with Gasteiger partial charge in [0.15, 0.2) is 0 Å². The molecule has 0 spiro atoms. The first-order chi connectivity index (χ1) is 11.4. The van der Waals surface area contributed by atoms with Crippen molar-refractivity contribution in [2.75, 3.05) is 18.5 Å². The maximum absolute atomic E-state index is 12.2. The molecule has 1 aliphatic rings. The topological polar surface area (TPSA) is 68.2 Å². The largest absolute Gasteiger partial charge is 0.493 e. The van der Waals surface area contributed by atoms with Crippen molar-refractivity contribution in [3.8, 4) is 5.75 Å². The molecule has 128 valence electrons. The number of carbonyl (C=O) groups excluding carboxylic acids is 1. The van der Waals surface area contributed by atoms with Gasteiger partial charge in [0.1, 0.15) is 11.6 Å². The van der Waals surface area contributed by atoms with Crippen LogP contribution in [0.3, 0.4) is 0 Å². The molecule has 2 N–H and O–H groups in total. The molecule has 0 bridgehead atoms. The SMILES string of the molecule is CC(C)(C)n1nccc1NC(=O)NC[C@@H]1CCOc2ccccc21. The Kier molecular flexibility index (Phi) is 4.46. The molecular formula is C18H24N4O2. The fraction of sp³-hybridized carbons (Fsp3) is 0.444. The van der Waals surface area contributed by atoms with Crippen molar-refractivity contribution in [3.63, 3.8) is 0 Å². The smallest absolute Gasteiger partial charge is 0.320 e. The second kappa shape index (κ2) is 6.55. The van der Waals surface area contributed by atoms with E-state index in [0.29, 0.717) is 19.0 Å². The Morgan fingerprint density at radius 1 is 1.33 bits per heavy atom. The molecule has 6 heteroatoms. The summed E-state index contributed by atoms with van der Waals surface area (Å²) < 4.78 is 7.46. The molecule has 6 nitrogen and oxygen atoms in total. The number of hydrogen-bond donors (Lipinski definition) is 2. The molecule has 2 heterocycles. The Hall–Kier alpha value is -2.50. The number of ether oxygens (including phenoxy) is 1. The highest BCUT2D eigenvalue weighted by atomic mass is 16.5. The minimum absolute atomic E-state index is 0.189. The lowest BCUT2D eigenvalue weighted by atomic mass is 9.93. The molecule has 0 saturated carbocycles. The van der Waals surface area contributed by atoms with E-state index in [-0.39, 0.29) is 17.5 Å². The van der Waals surface area contributed by atoms with Gasteiger partial charge in [0.25, 0.3) is 0 Å². The lowest BCUT2D eigenvalue weighted by Crippen LogP contribution is -2.35. The van der Waals surface area contributed by atoms with Crippen LogP contribution in [0.15, 0.2) is 36.5 Å². The van der Waals surface area contributed by atoms with Crippen LogP contribution in [-0.2, 0) is 5.54 Å². The summed E-state index contributed by atoms with van der Waals surface area (Å²) in [5, 5.41) is 10.1. The van der Waals surface area contributed by atoms with Crippen molar-refractivity contribution in [2.45, 2.75) is 38.6 Å². The summed E-state index contributed by atoms with van der Waals surface area (Å²) in [7, 11) is 0. The normalized spacial score (nSPS) is 16.9. The van der Waals surface area contributed by atoms with Gasteiger partial charge < -0.3 is 10.1 Å². The predicted octanol–water partition coefficient (Wildman–Crippen LogP) is 3.33. The van der Waals surface area contributed by atoms with E-state index in [1.165, 1.54) is 0 Å². The number of rotatable bonds is 3. The Morgan fingerprint density at radius 3 is 2.92 bits per heavy atom. The van der Waals surface area contributed by atoms with Gasteiger partial charge in [0.05, 0.1) is 18.3 Å². The van der Waals surface area contributed by atoms with Crippen LogP contribution in [0.5, 0.6) is 5.75 Å². The Labute approximate surface area is 142 Å². The second-order valence-electron chi connectivity index (χ2n) is 7.01. The van der Waals surface area contributed by atoms with E-state index in [1.54, 1.807) is 16.9 Å². The average Bonchev–Trinajstić information content (AvgIpc) is 3.01. The maximum atomic E-state index is 12.2. The Balaban J connectivity index is 1.60. The number of hydrogen-bond acceptors (Lipinski definition) is 3. The first-order valence-electron chi connectivity index (χ1n) is 8.26. The van der Waals surface area contributed by atoms with Gasteiger partial charge in [-0.25, -0.2) is 9.48 Å². The summed E-state index contributed by atoms with van der Waals surface area (Å²) in [6.45, 7) is 7.39. The minimum Gasteiger partial charge on any atom is -0.493 e. The fourth-order valence-corrected chi connectivity index (χ4v) is 2.94. The van der Waals surface area contributed by atoms with Crippen LogP contribution >= 0.6 is 0 Å². The van der Waals surface area contributed by atoms with E-state index >= 15 is 0 Å². The molecule has 1 atom stereocenters. The fourth-order valence-electron chi connectivity index (χ4n) is 2.94. The zero-order chi connectivity index (χ0) is 17.2. The summed E-state index contributed by atoms with van der Waals surface area (Å²) in [6, 6.07) is 9.59. The summed E-state index contributed by atoms with van der Waals surface area (Å²) in [5.41, 5.74) is 0.968. The Bertz CT molecular complexity index is 718. The lowest BCUT2D eigenvalue weighted by Gasteiger charge is -2.26. The van der Waals surface area contributed by atoms with Crippen molar-refractivity contribution in [1.82, 2.24) is 15.1 Å². The van der Waals surface area contributed by atoms with E-state index in [4.69, 9.17) is 4.74 Å². The molecule has 24 heavy (non-hydrogen) atoms. The lowest BCUT2D eigenvalue weighted by molar-refractivity contribution is 0.244. The van der Waals surface area contributed by atoms with Crippen molar-refractivity contribution in [1.29, 1.82) is 0 Å². The number of benzene rings is 1. The van der Waals surface area contributed by atoms with Crippen LogP contribution in [0.1, 0.15) is 38.7 Å². The van der Waals surface area contributed by atoms with Gasteiger partial charge in [-0.3, -0.25) is 5.32 Å². The first-order valence-corrected chi connectivity index (χ1v) is 8.26. The number of aromatic nitrogens is 2. The molecular weight excluding hydrogens is 304 g/mol. The van der Waals surface area contributed by atoms with E-state index < -0.39 is 0 Å². The monoisotopic (exact) mass is 328 g/mol. The zero-order valence-electron chi connectivity index (χ0n) is 14.4. The number of nitrogens with zero attached hydrogens (tertiary/aromatic N) is 2. The van der Waals surface area contributed by atoms with Gasteiger partial charge in [-0.1, -0.05) is 18.2 Å². The number of nitrogens with one attached hydrogen (secondary N) is 2. The third kappa shape index (κ3) is 3.53. The van der Waals surface area contributed by atoms with Crippen LogP contribution in [0.25, 0.3) is 0 Å². The third-order valence-electron chi connectivity index (χ3n) is 4.11. The predicted molar refractivity (Wildman–Crippen MR) is 93.5 cm³/mol. The second-order valence-corrected chi connectivity index (χ2v) is 7.01. The van der Waals surface area contributed by atoms with E-state index in [1.807, 2.05) is 39.0 Å². The number of anilines is 1. The number of urea groups is 1. The van der Waals surface area contributed by atoms with Crippen LogP contribution < -0.4 is 15.4 Å². The van der Waals surface area contributed by atoms with Crippen LogP contribution in [0.2, 0.25) is 0 Å². The van der Waals surface area contributed by atoms with Gasteiger partial charge in [-0.2, -0.15) is 5.10 Å². The van der Waals surface area contributed by atoms with Gasteiger partial charge in [-0.05, 0) is 38.8 Å². The standard InChI is InChI=1S/C18H24N4O2/c1-18(2,3)22-16(8-10-20-22)21-17(23)19-12-13-9-11-24-15-7-5-4-6-14(13)15/h4-8,10,13H,9,11-12H2,1-3H3,(H2,19,21,23)/t13-/m0/s1. The van der Waals surface area contributed by atoms with E-state index in [0.717, 1.165) is 17.7 Å². The third-order valence-corrected chi connectivity index (χ3v) is 4.11. The minimum atomic E-state index is -0.218. The number of fused-ring (bicyclic) bond motifs is 1. The quantitative estimate of drug-likeness (QED) is 0.908. The molecule has 0 fully saturated rings. The first kappa shape index (κ1) is 16.4. The molecule has 0 aliphatic carbocycles. The van der Waals surface area contributed by atoms with Crippen LogP contribution in [0, 0.1) is 0 Å². The van der Waals surface area contributed by atoms with Crippen molar-refractivity contribution in [3.05, 3.63) is 42.1 Å². The van der Waals surface area contributed by atoms with Crippen molar-refractivity contribution in [2.24, 2.45) is 0 Å². The summed E-state index contributed by atoms with van der Waals surface area (Å²) in [6.07, 6.45) is 2.59. The zero-order valence-corrected chi connectivity index (χ0v) is 14.4. The van der Waals surface area contributed by atoms with Gasteiger partial charge >= 0.3 is 6.03 Å². The van der Waals surface area contributed by atoms with Crippen LogP contribution in [0.4, 0.5) is 10.6 Å². The van der Waals surface area contributed by atoms with E-state index in [9.17, 15) is 4.79 Å². The van der Waals surface area contributed by atoms with Gasteiger partial charge in [0, 0.05) is 18.5 Å². The molecule has 2 aromatic rings. The van der Waals surface area contributed by atoms with Crippen molar-refractivity contribution >= 4 is 11.8 Å². The average molecular weight is 328 g/mol. The van der Waals surface area contributed by atoms with E-state index in [2.05, 4.69) is 21.8 Å². The van der Waals surface area contributed by atoms with Gasteiger partial charge in [0.2, 0.25) is 0 Å². The summed E-state index contributed by atoms with van der Waals surface area (Å²) >= 11 is 0. The van der Waals surface area contributed by atoms with Crippen LogP contribution in [-0.4, -0.2) is 29.0 Å². The highest BCUT2D eigenvalue weighted by Gasteiger charge is 2.22. The summed E-state index contributed by atoms with van der Waals surface area (Å²) in [5.74, 6) is 1.88. The molecule has 1 aromatic carbocycles. The summed E-state index contributed by atoms with van der Waals surface area (Å²) in [4.78, 5) is 12.2.